The van der Waals surface area contributed by atoms with E-state index in [1.165, 1.54) is 9.13 Å². The number of aromatic nitrogens is 3. The van der Waals surface area contributed by atoms with Crippen molar-refractivity contribution in [3.05, 3.63) is 45.1 Å². The first-order chi connectivity index (χ1) is 12.0. The van der Waals surface area contributed by atoms with E-state index in [1.54, 1.807) is 38.4 Å². The quantitative estimate of drug-likeness (QED) is 0.743. The van der Waals surface area contributed by atoms with Gasteiger partial charge in [-0.25, -0.2) is 4.79 Å². The summed E-state index contributed by atoms with van der Waals surface area (Å²) in [5.74, 6) is 0.577. The number of H-pyrrole nitrogens is 1. The number of aromatic hydroxyl groups is 1. The van der Waals surface area contributed by atoms with Gasteiger partial charge in [-0.1, -0.05) is 13.3 Å². The number of nitrogens with zero attached hydrogens (tertiary/aromatic N) is 2. The molecule has 0 fully saturated rings. The van der Waals surface area contributed by atoms with Crippen LogP contribution in [0.1, 0.15) is 19.8 Å². The fraction of sp³-hybridized carbons (Fsp3) is 0.333. The fourth-order valence-corrected chi connectivity index (χ4v) is 2.94. The summed E-state index contributed by atoms with van der Waals surface area (Å²) in [5, 5.41) is 10.6. The van der Waals surface area contributed by atoms with Gasteiger partial charge >= 0.3 is 5.69 Å². The number of methoxy groups -OCH3 is 1. The topological polar surface area (TPSA) is 89.2 Å². The molecule has 2 N–H and O–H groups in total. The number of ether oxygens (including phenoxy) is 1. The molecule has 0 bridgehead atoms. The Morgan fingerprint density at radius 3 is 2.48 bits per heavy atom. The average Bonchev–Trinajstić information content (AvgIpc) is 2.97. The van der Waals surface area contributed by atoms with Crippen molar-refractivity contribution < 1.29 is 9.84 Å². The monoisotopic (exact) mass is 343 g/mol. The first-order valence-corrected chi connectivity index (χ1v) is 8.18. The Balaban J connectivity index is 2.25. The van der Waals surface area contributed by atoms with Crippen molar-refractivity contribution >= 4 is 11.0 Å². The standard InChI is InChI=1S/C18H21N3O4/c1-4-5-10-21-17(23)14-15(20(2)18(21)24)16(22)13(19-14)11-6-8-12(25-3)9-7-11/h6-9,19,22H,4-5,10H2,1-3H3. The van der Waals surface area contributed by atoms with Gasteiger partial charge in [-0.2, -0.15) is 0 Å². The average molecular weight is 343 g/mol. The van der Waals surface area contributed by atoms with E-state index < -0.39 is 11.2 Å². The van der Waals surface area contributed by atoms with Gasteiger partial charge in [0, 0.05) is 19.2 Å². The highest BCUT2D eigenvalue weighted by molar-refractivity contribution is 5.90. The van der Waals surface area contributed by atoms with Crippen LogP contribution in [0.3, 0.4) is 0 Å². The second-order valence-electron chi connectivity index (χ2n) is 5.95. The Morgan fingerprint density at radius 1 is 1.20 bits per heavy atom. The predicted molar refractivity (Wildman–Crippen MR) is 96.4 cm³/mol. The minimum Gasteiger partial charge on any atom is -0.504 e. The Labute approximate surface area is 144 Å². The van der Waals surface area contributed by atoms with Crippen LogP contribution in [-0.4, -0.2) is 26.3 Å². The fourth-order valence-electron chi connectivity index (χ4n) is 2.94. The van der Waals surface area contributed by atoms with Crippen LogP contribution in [0.15, 0.2) is 33.9 Å². The normalized spacial score (nSPS) is 11.2. The second-order valence-corrected chi connectivity index (χ2v) is 5.95. The molecule has 2 aromatic heterocycles. The number of hydrogen-bond acceptors (Lipinski definition) is 4. The Kier molecular flexibility index (Phi) is 4.39. The van der Waals surface area contributed by atoms with Gasteiger partial charge in [-0.15, -0.1) is 0 Å². The third-order valence-electron chi connectivity index (χ3n) is 4.37. The molecule has 0 saturated carbocycles. The Hall–Kier alpha value is -2.96. The van der Waals surface area contributed by atoms with Gasteiger partial charge in [-0.05, 0) is 30.7 Å². The van der Waals surface area contributed by atoms with Crippen molar-refractivity contribution in [2.45, 2.75) is 26.3 Å². The molecule has 0 unspecified atom stereocenters. The van der Waals surface area contributed by atoms with Crippen molar-refractivity contribution in [2.24, 2.45) is 7.05 Å². The molecule has 132 valence electrons. The summed E-state index contributed by atoms with van der Waals surface area (Å²) in [4.78, 5) is 28.2. The van der Waals surface area contributed by atoms with E-state index in [1.807, 2.05) is 6.92 Å². The van der Waals surface area contributed by atoms with Crippen molar-refractivity contribution in [1.82, 2.24) is 14.1 Å². The van der Waals surface area contributed by atoms with Crippen LogP contribution < -0.4 is 16.0 Å². The van der Waals surface area contributed by atoms with Crippen molar-refractivity contribution in [3.8, 4) is 22.8 Å². The molecule has 3 aromatic rings. The summed E-state index contributed by atoms with van der Waals surface area (Å²) < 4.78 is 7.65. The summed E-state index contributed by atoms with van der Waals surface area (Å²) in [6.07, 6.45) is 1.61. The zero-order chi connectivity index (χ0) is 18.1. The molecule has 3 rings (SSSR count). The van der Waals surface area contributed by atoms with E-state index in [0.717, 1.165) is 12.8 Å². The van der Waals surface area contributed by atoms with E-state index >= 15 is 0 Å². The molecule has 0 radical (unpaired) electrons. The zero-order valence-corrected chi connectivity index (χ0v) is 14.5. The number of aromatic amines is 1. The minimum absolute atomic E-state index is 0.112. The summed E-state index contributed by atoms with van der Waals surface area (Å²) in [6, 6.07) is 7.08. The van der Waals surface area contributed by atoms with E-state index in [9.17, 15) is 14.7 Å². The highest BCUT2D eigenvalue weighted by Crippen LogP contribution is 2.34. The first-order valence-electron chi connectivity index (χ1n) is 8.18. The van der Waals surface area contributed by atoms with Crippen LogP contribution in [0, 0.1) is 0 Å². The summed E-state index contributed by atoms with van der Waals surface area (Å²) in [7, 11) is 3.13. The van der Waals surface area contributed by atoms with Crippen LogP contribution in [0.2, 0.25) is 0 Å². The molecular formula is C18H21N3O4. The van der Waals surface area contributed by atoms with E-state index in [0.29, 0.717) is 23.6 Å². The number of fused-ring (bicyclic) bond motifs is 1. The molecular weight excluding hydrogens is 322 g/mol. The molecule has 1 aromatic carbocycles. The third kappa shape index (κ3) is 2.71. The zero-order valence-electron chi connectivity index (χ0n) is 14.5. The number of benzene rings is 1. The molecule has 7 heteroatoms. The van der Waals surface area contributed by atoms with E-state index in [-0.39, 0.29) is 16.8 Å². The molecule has 0 atom stereocenters. The predicted octanol–water partition coefficient (Wildman–Crippen LogP) is 2.21. The molecule has 0 aliphatic rings. The maximum absolute atomic E-state index is 12.7. The maximum atomic E-state index is 12.7. The second kappa shape index (κ2) is 6.51. The van der Waals surface area contributed by atoms with Gasteiger partial charge in [0.05, 0.1) is 12.8 Å². The number of unbranched alkanes of at least 4 members (excludes halogenated alkanes) is 1. The molecule has 0 aliphatic heterocycles. The van der Waals surface area contributed by atoms with Crippen LogP contribution in [0.4, 0.5) is 0 Å². The van der Waals surface area contributed by atoms with E-state index in [4.69, 9.17) is 4.74 Å². The van der Waals surface area contributed by atoms with Gasteiger partial charge in [0.2, 0.25) is 0 Å². The molecule has 0 amide bonds. The van der Waals surface area contributed by atoms with Crippen LogP contribution in [-0.2, 0) is 13.6 Å². The molecule has 25 heavy (non-hydrogen) atoms. The summed E-state index contributed by atoms with van der Waals surface area (Å²) >= 11 is 0. The van der Waals surface area contributed by atoms with Gasteiger partial charge in [0.15, 0.2) is 5.75 Å². The highest BCUT2D eigenvalue weighted by atomic mass is 16.5. The molecule has 0 spiro atoms. The highest BCUT2D eigenvalue weighted by Gasteiger charge is 2.20. The number of nitrogens with one attached hydrogen (secondary N) is 1. The van der Waals surface area contributed by atoms with E-state index in [2.05, 4.69) is 4.98 Å². The summed E-state index contributed by atoms with van der Waals surface area (Å²) in [6.45, 7) is 2.35. The van der Waals surface area contributed by atoms with Gasteiger partial charge in [0.25, 0.3) is 5.56 Å². The number of hydrogen-bond donors (Lipinski definition) is 2. The lowest BCUT2D eigenvalue weighted by atomic mass is 10.1. The minimum atomic E-state index is -0.429. The lowest BCUT2D eigenvalue weighted by molar-refractivity contribution is 0.415. The number of aryl methyl sites for hydroxylation is 1. The lowest BCUT2D eigenvalue weighted by Crippen LogP contribution is -2.39. The van der Waals surface area contributed by atoms with Crippen molar-refractivity contribution in [2.75, 3.05) is 7.11 Å². The summed E-state index contributed by atoms with van der Waals surface area (Å²) in [5.41, 5.74) is 0.692. The van der Waals surface area contributed by atoms with Crippen molar-refractivity contribution in [1.29, 1.82) is 0 Å². The van der Waals surface area contributed by atoms with Gasteiger partial charge in [-0.3, -0.25) is 13.9 Å². The molecule has 2 heterocycles. The Morgan fingerprint density at radius 2 is 1.88 bits per heavy atom. The third-order valence-corrected chi connectivity index (χ3v) is 4.37. The largest absolute Gasteiger partial charge is 0.504 e. The van der Waals surface area contributed by atoms with Crippen LogP contribution in [0.25, 0.3) is 22.3 Å². The molecule has 7 nitrogen and oxygen atoms in total. The van der Waals surface area contributed by atoms with Gasteiger partial charge in [0.1, 0.15) is 16.8 Å². The molecule has 0 saturated heterocycles. The van der Waals surface area contributed by atoms with Crippen LogP contribution in [0.5, 0.6) is 11.5 Å². The maximum Gasteiger partial charge on any atom is 0.331 e. The number of rotatable bonds is 5. The van der Waals surface area contributed by atoms with Gasteiger partial charge < -0.3 is 14.8 Å². The smallest absolute Gasteiger partial charge is 0.331 e. The van der Waals surface area contributed by atoms with Crippen LogP contribution >= 0.6 is 0 Å². The molecule has 0 aliphatic carbocycles. The Bertz CT molecular complexity index is 1030. The SMILES string of the molecule is CCCCn1c(=O)c2[nH]c(-c3ccc(OC)cc3)c(O)c2n(C)c1=O. The first kappa shape index (κ1) is 16.9. The van der Waals surface area contributed by atoms with Crippen molar-refractivity contribution in [3.63, 3.8) is 0 Å². The lowest BCUT2D eigenvalue weighted by Gasteiger charge is -2.07.